The molecule has 0 atom stereocenters. The number of hydrogen-bond acceptors (Lipinski definition) is 3. The number of allylic oxidation sites excluding steroid dienone is 1. The largest absolute Gasteiger partial charge is 0.494 e. The van der Waals surface area contributed by atoms with E-state index in [0.29, 0.717) is 22.2 Å². The number of carbonyl (C=O) groups is 1. The van der Waals surface area contributed by atoms with Gasteiger partial charge in [0.15, 0.2) is 0 Å². The van der Waals surface area contributed by atoms with E-state index in [-0.39, 0.29) is 5.91 Å². The first-order valence-electron chi connectivity index (χ1n) is 7.91. The maximum Gasteiger partial charge on any atom is 0.265 e. The molecule has 3 nitrogen and oxygen atoms in total. The lowest BCUT2D eigenvalue weighted by atomic mass is 9.97. The van der Waals surface area contributed by atoms with Crippen LogP contribution in [0.15, 0.2) is 29.8 Å². The summed E-state index contributed by atoms with van der Waals surface area (Å²) in [4.78, 5) is 13.1. The molecule has 0 aliphatic heterocycles. The fourth-order valence-corrected chi connectivity index (χ4v) is 4.19. The zero-order valence-corrected chi connectivity index (χ0v) is 14.7. The number of amides is 1. The van der Waals surface area contributed by atoms with Crippen molar-refractivity contribution >= 4 is 38.9 Å². The predicted octanol–water partition coefficient (Wildman–Crippen LogP) is 5.18. The minimum atomic E-state index is -0.0735. The number of ether oxygens (including phenoxy) is 1. The third-order valence-electron chi connectivity index (χ3n) is 4.13. The Bertz CT molecular complexity index is 751. The summed E-state index contributed by atoms with van der Waals surface area (Å²) in [5.74, 6) is 0.539. The van der Waals surface area contributed by atoms with Gasteiger partial charge in [-0.25, -0.2) is 0 Å². The number of benzene rings is 1. The van der Waals surface area contributed by atoms with Gasteiger partial charge in [-0.2, -0.15) is 0 Å². The smallest absolute Gasteiger partial charge is 0.265 e. The van der Waals surface area contributed by atoms with Gasteiger partial charge in [-0.1, -0.05) is 23.3 Å². The van der Waals surface area contributed by atoms with Crippen molar-refractivity contribution in [2.24, 2.45) is 0 Å². The van der Waals surface area contributed by atoms with Gasteiger partial charge in [0.05, 0.1) is 7.11 Å². The lowest BCUT2D eigenvalue weighted by Gasteiger charge is -2.12. The van der Waals surface area contributed by atoms with Crippen molar-refractivity contribution in [3.8, 4) is 5.75 Å². The van der Waals surface area contributed by atoms with E-state index in [1.54, 1.807) is 7.11 Å². The van der Waals surface area contributed by atoms with Crippen LogP contribution in [0.3, 0.4) is 0 Å². The van der Waals surface area contributed by atoms with Gasteiger partial charge in [-0.3, -0.25) is 4.79 Å². The SMILES string of the molecule is COc1c(C(=O)NCCC2=CCCCC2)sc2ccc(Cl)cc12. The Balaban J connectivity index is 1.71. The second kappa shape index (κ2) is 7.37. The first kappa shape index (κ1) is 16.3. The normalized spacial score (nSPS) is 14.6. The van der Waals surface area contributed by atoms with E-state index in [4.69, 9.17) is 16.3 Å². The molecule has 1 aliphatic carbocycles. The summed E-state index contributed by atoms with van der Waals surface area (Å²) < 4.78 is 6.46. The summed E-state index contributed by atoms with van der Waals surface area (Å²) in [7, 11) is 1.59. The highest BCUT2D eigenvalue weighted by atomic mass is 35.5. The number of nitrogens with one attached hydrogen (secondary N) is 1. The summed E-state index contributed by atoms with van der Waals surface area (Å²) >= 11 is 7.49. The molecule has 0 spiro atoms. The molecule has 0 fully saturated rings. The number of carbonyl (C=O) groups excluding carboxylic acids is 1. The molecule has 1 aromatic carbocycles. The monoisotopic (exact) mass is 349 g/mol. The van der Waals surface area contributed by atoms with Crippen LogP contribution in [-0.4, -0.2) is 19.6 Å². The average molecular weight is 350 g/mol. The summed E-state index contributed by atoms with van der Waals surface area (Å²) in [5.41, 5.74) is 1.46. The van der Waals surface area contributed by atoms with Crippen LogP contribution in [0.2, 0.25) is 5.02 Å². The molecule has 122 valence electrons. The molecule has 1 heterocycles. The summed E-state index contributed by atoms with van der Waals surface area (Å²) in [6, 6.07) is 5.60. The molecule has 1 aliphatic rings. The molecule has 2 aromatic rings. The highest BCUT2D eigenvalue weighted by Gasteiger charge is 2.19. The van der Waals surface area contributed by atoms with Gasteiger partial charge in [0.25, 0.3) is 5.91 Å². The summed E-state index contributed by atoms with van der Waals surface area (Å²) in [5, 5.41) is 4.55. The van der Waals surface area contributed by atoms with Crippen LogP contribution < -0.4 is 10.1 Å². The molecule has 1 N–H and O–H groups in total. The van der Waals surface area contributed by atoms with Gasteiger partial charge in [-0.05, 0) is 50.3 Å². The van der Waals surface area contributed by atoms with Crippen molar-refractivity contribution < 1.29 is 9.53 Å². The van der Waals surface area contributed by atoms with Crippen LogP contribution >= 0.6 is 22.9 Å². The van der Waals surface area contributed by atoms with Crippen LogP contribution in [0.1, 0.15) is 41.8 Å². The van der Waals surface area contributed by atoms with Crippen molar-refractivity contribution in [2.45, 2.75) is 32.1 Å². The third kappa shape index (κ3) is 3.70. The molecule has 0 bridgehead atoms. The van der Waals surface area contributed by atoms with E-state index in [9.17, 15) is 4.79 Å². The van der Waals surface area contributed by atoms with Crippen LogP contribution in [0.25, 0.3) is 10.1 Å². The minimum Gasteiger partial charge on any atom is -0.494 e. The van der Waals surface area contributed by atoms with E-state index in [1.165, 1.54) is 42.6 Å². The Kier molecular flexibility index (Phi) is 5.23. The van der Waals surface area contributed by atoms with Crippen molar-refractivity contribution in [1.82, 2.24) is 5.32 Å². The Morgan fingerprint density at radius 3 is 3.00 bits per heavy atom. The molecule has 0 saturated carbocycles. The number of hydrogen-bond donors (Lipinski definition) is 1. The Morgan fingerprint density at radius 2 is 2.26 bits per heavy atom. The van der Waals surface area contributed by atoms with Crippen molar-refractivity contribution in [2.75, 3.05) is 13.7 Å². The fraction of sp³-hybridized carbons (Fsp3) is 0.389. The summed E-state index contributed by atoms with van der Waals surface area (Å²) in [6.45, 7) is 0.669. The maximum absolute atomic E-state index is 12.5. The van der Waals surface area contributed by atoms with Crippen molar-refractivity contribution in [3.63, 3.8) is 0 Å². The molecule has 0 radical (unpaired) electrons. The molecule has 5 heteroatoms. The van der Waals surface area contributed by atoms with E-state index in [0.717, 1.165) is 16.5 Å². The second-order valence-electron chi connectivity index (χ2n) is 5.72. The summed E-state index contributed by atoms with van der Waals surface area (Å²) in [6.07, 6.45) is 8.15. The maximum atomic E-state index is 12.5. The average Bonchev–Trinajstić information content (AvgIpc) is 2.93. The molecule has 1 amide bonds. The number of thiophene rings is 1. The third-order valence-corrected chi connectivity index (χ3v) is 5.52. The molecular weight excluding hydrogens is 330 g/mol. The Hall–Kier alpha value is -1.52. The standard InChI is InChI=1S/C18H20ClNO2S/c1-22-16-14-11-13(19)7-8-15(14)23-17(16)18(21)20-10-9-12-5-3-2-4-6-12/h5,7-8,11H,2-4,6,9-10H2,1H3,(H,20,21). The number of methoxy groups -OCH3 is 1. The second-order valence-corrected chi connectivity index (χ2v) is 7.21. The highest BCUT2D eigenvalue weighted by Crippen LogP contribution is 2.38. The van der Waals surface area contributed by atoms with Gasteiger partial charge in [0, 0.05) is 21.7 Å². The minimum absolute atomic E-state index is 0.0735. The molecule has 1 aromatic heterocycles. The molecule has 23 heavy (non-hydrogen) atoms. The van der Waals surface area contributed by atoms with Crippen LogP contribution in [-0.2, 0) is 0 Å². The lowest BCUT2D eigenvalue weighted by Crippen LogP contribution is -2.24. The quantitative estimate of drug-likeness (QED) is 0.755. The number of fused-ring (bicyclic) bond motifs is 1. The zero-order valence-electron chi connectivity index (χ0n) is 13.2. The van der Waals surface area contributed by atoms with Crippen molar-refractivity contribution in [1.29, 1.82) is 0 Å². The van der Waals surface area contributed by atoms with Gasteiger partial charge in [-0.15, -0.1) is 11.3 Å². The lowest BCUT2D eigenvalue weighted by molar-refractivity contribution is 0.0955. The Labute approximate surface area is 145 Å². The van der Waals surface area contributed by atoms with Gasteiger partial charge in [0.2, 0.25) is 0 Å². The van der Waals surface area contributed by atoms with Crippen LogP contribution in [0.4, 0.5) is 0 Å². The van der Waals surface area contributed by atoms with Crippen molar-refractivity contribution in [3.05, 3.63) is 39.7 Å². The van der Waals surface area contributed by atoms with E-state index in [2.05, 4.69) is 11.4 Å². The predicted molar refractivity (Wildman–Crippen MR) is 96.9 cm³/mol. The van der Waals surface area contributed by atoms with E-state index < -0.39 is 0 Å². The first-order valence-corrected chi connectivity index (χ1v) is 9.10. The molecule has 3 rings (SSSR count). The van der Waals surface area contributed by atoms with E-state index >= 15 is 0 Å². The first-order chi connectivity index (χ1) is 11.2. The van der Waals surface area contributed by atoms with Crippen LogP contribution in [0.5, 0.6) is 5.75 Å². The fourth-order valence-electron chi connectivity index (χ4n) is 2.95. The van der Waals surface area contributed by atoms with Gasteiger partial charge < -0.3 is 10.1 Å². The van der Waals surface area contributed by atoms with Crippen LogP contribution in [0, 0.1) is 0 Å². The topological polar surface area (TPSA) is 38.3 Å². The van der Waals surface area contributed by atoms with Gasteiger partial charge >= 0.3 is 0 Å². The Morgan fingerprint density at radius 1 is 1.39 bits per heavy atom. The molecule has 0 saturated heterocycles. The van der Waals surface area contributed by atoms with E-state index in [1.807, 2.05) is 18.2 Å². The number of rotatable bonds is 5. The number of halogens is 1. The highest BCUT2D eigenvalue weighted by molar-refractivity contribution is 7.21. The molecular formula is C18H20ClNO2S. The zero-order chi connectivity index (χ0) is 16.2. The molecule has 0 unspecified atom stereocenters. The van der Waals surface area contributed by atoms with Gasteiger partial charge in [0.1, 0.15) is 10.6 Å².